The Morgan fingerprint density at radius 3 is 0.550 bits per heavy atom. The highest BCUT2D eigenvalue weighted by molar-refractivity contribution is 6.22. The van der Waals surface area contributed by atoms with Gasteiger partial charge in [-0.25, -0.2) is 0 Å². The molecule has 60 heavy (non-hydrogen) atoms. The van der Waals surface area contributed by atoms with E-state index in [2.05, 4.69) is 243 Å². The highest BCUT2D eigenvalue weighted by atomic mass is 15.0. The number of rotatable bonds is 8. The second kappa shape index (κ2) is 16.7. The summed E-state index contributed by atoms with van der Waals surface area (Å²) in [7, 11) is 0. The molecule has 292 valence electrons. The van der Waals surface area contributed by atoms with E-state index in [0.717, 1.165) is 45.5 Å². The first kappa shape index (κ1) is 38.0. The van der Waals surface area contributed by atoms with Gasteiger partial charge in [0.15, 0.2) is 0 Å². The second-order valence-electron chi connectivity index (χ2n) is 15.6. The summed E-state index contributed by atoms with van der Waals surface area (Å²) >= 11 is 0. The zero-order valence-corrected chi connectivity index (χ0v) is 34.5. The molecule has 0 aliphatic carbocycles. The van der Waals surface area contributed by atoms with Crippen LogP contribution < -0.4 is 21.3 Å². The molecule has 0 saturated heterocycles. The molecule has 0 aliphatic heterocycles. The van der Waals surface area contributed by atoms with E-state index in [0.29, 0.717) is 0 Å². The Morgan fingerprint density at radius 2 is 0.367 bits per heavy atom. The van der Waals surface area contributed by atoms with E-state index < -0.39 is 0 Å². The number of anilines is 8. The van der Waals surface area contributed by atoms with E-state index in [4.69, 9.17) is 0 Å². The van der Waals surface area contributed by atoms with Gasteiger partial charge in [-0.05, 0) is 97.8 Å². The van der Waals surface area contributed by atoms with Crippen molar-refractivity contribution in [2.75, 3.05) is 21.3 Å². The predicted octanol–water partition coefficient (Wildman–Crippen LogP) is 16.2. The lowest BCUT2D eigenvalue weighted by Gasteiger charge is -2.20. The largest absolute Gasteiger partial charge is 0.353 e. The number of benzene rings is 10. The van der Waals surface area contributed by atoms with Crippen molar-refractivity contribution in [3.8, 4) is 0 Å². The van der Waals surface area contributed by atoms with Gasteiger partial charge >= 0.3 is 0 Å². The summed E-state index contributed by atoms with van der Waals surface area (Å²) < 4.78 is 0. The standard InChI is InChI=1S/2C28H24N2/c2*1-19-11-15-21(16-12-19)29-27-25-9-5-3-7-23(25)24-8-4-6-10-26(24)28(27)30-22-17-13-20(2)14-18-22/h2*3-18,29-30H,1-2H3. The van der Waals surface area contributed by atoms with Crippen LogP contribution in [-0.2, 0) is 0 Å². The minimum Gasteiger partial charge on any atom is -0.353 e. The van der Waals surface area contributed by atoms with Crippen LogP contribution in [0.1, 0.15) is 22.3 Å². The van der Waals surface area contributed by atoms with Crippen molar-refractivity contribution < 1.29 is 0 Å². The highest BCUT2D eigenvalue weighted by Gasteiger charge is 2.17. The Bertz CT molecular complexity index is 2670. The topological polar surface area (TPSA) is 48.1 Å². The SMILES string of the molecule is Cc1ccc(Nc2c(Nc3ccc(C)cc3)c3ccccc3c3ccccc23)cc1.Cc1ccc(Nc2c(Nc3ccc(C)cc3)c3ccccc3c3ccccc23)cc1. The van der Waals surface area contributed by atoms with E-state index in [9.17, 15) is 0 Å². The molecule has 10 aromatic carbocycles. The zero-order chi connectivity index (χ0) is 41.0. The van der Waals surface area contributed by atoms with E-state index >= 15 is 0 Å². The van der Waals surface area contributed by atoms with Crippen LogP contribution in [0.4, 0.5) is 45.5 Å². The fraction of sp³-hybridized carbons (Fsp3) is 0.0714. The summed E-state index contributed by atoms with van der Waals surface area (Å²) in [6.07, 6.45) is 0. The van der Waals surface area contributed by atoms with Crippen molar-refractivity contribution in [2.45, 2.75) is 27.7 Å². The summed E-state index contributed by atoms with van der Waals surface area (Å²) in [5.74, 6) is 0. The molecule has 0 aromatic heterocycles. The fourth-order valence-electron chi connectivity index (χ4n) is 7.93. The van der Waals surface area contributed by atoms with Gasteiger partial charge in [0.05, 0.1) is 22.7 Å². The van der Waals surface area contributed by atoms with Crippen molar-refractivity contribution in [1.29, 1.82) is 0 Å². The predicted molar refractivity (Wildman–Crippen MR) is 261 cm³/mol. The summed E-state index contributed by atoms with van der Waals surface area (Å²) in [5, 5.41) is 24.6. The van der Waals surface area contributed by atoms with Crippen LogP contribution >= 0.6 is 0 Å². The molecule has 0 fully saturated rings. The van der Waals surface area contributed by atoms with Gasteiger partial charge in [-0.15, -0.1) is 0 Å². The van der Waals surface area contributed by atoms with Crippen LogP contribution in [-0.4, -0.2) is 0 Å². The van der Waals surface area contributed by atoms with E-state index in [-0.39, 0.29) is 0 Å². The van der Waals surface area contributed by atoms with Gasteiger partial charge in [0.1, 0.15) is 0 Å². The molecule has 10 aromatic rings. The number of fused-ring (bicyclic) bond motifs is 6. The third-order valence-corrected chi connectivity index (χ3v) is 11.1. The molecule has 10 rings (SSSR count). The zero-order valence-electron chi connectivity index (χ0n) is 34.5. The van der Waals surface area contributed by atoms with Gasteiger partial charge < -0.3 is 21.3 Å². The summed E-state index contributed by atoms with van der Waals surface area (Å²) in [6, 6.07) is 68.6. The molecule has 4 N–H and O–H groups in total. The van der Waals surface area contributed by atoms with E-state index in [1.54, 1.807) is 0 Å². The van der Waals surface area contributed by atoms with Crippen LogP contribution in [0.5, 0.6) is 0 Å². The molecular weight excluding hydrogens is 729 g/mol. The lowest BCUT2D eigenvalue weighted by atomic mass is 9.97. The molecule has 0 bridgehead atoms. The minimum atomic E-state index is 1.08. The van der Waals surface area contributed by atoms with Gasteiger partial charge in [0.25, 0.3) is 0 Å². The van der Waals surface area contributed by atoms with Crippen LogP contribution in [0.2, 0.25) is 0 Å². The Hall–Kier alpha value is -7.56. The Kier molecular flexibility index (Phi) is 10.6. The van der Waals surface area contributed by atoms with Crippen LogP contribution in [0.25, 0.3) is 43.1 Å². The molecule has 0 saturated carbocycles. The summed E-state index contributed by atoms with van der Waals surface area (Å²) in [6.45, 7) is 8.44. The molecule has 4 nitrogen and oxygen atoms in total. The second-order valence-corrected chi connectivity index (χ2v) is 15.6. The number of aryl methyl sites for hydroxylation is 4. The first-order valence-corrected chi connectivity index (χ1v) is 20.6. The molecular formula is C56H48N4. The van der Waals surface area contributed by atoms with Gasteiger partial charge in [-0.1, -0.05) is 168 Å². The molecule has 0 unspecified atom stereocenters. The molecule has 0 spiro atoms. The molecule has 0 heterocycles. The third-order valence-electron chi connectivity index (χ3n) is 11.1. The Balaban J connectivity index is 0.000000154. The summed E-state index contributed by atoms with van der Waals surface area (Å²) in [5.41, 5.74) is 13.7. The fourth-order valence-corrected chi connectivity index (χ4v) is 7.93. The maximum Gasteiger partial charge on any atom is 0.0709 e. The minimum absolute atomic E-state index is 1.08. The summed E-state index contributed by atoms with van der Waals surface area (Å²) in [4.78, 5) is 0. The molecule has 0 radical (unpaired) electrons. The maximum absolute atomic E-state index is 3.70. The highest BCUT2D eigenvalue weighted by Crippen LogP contribution is 2.44. The average Bonchev–Trinajstić information content (AvgIpc) is 3.29. The lowest BCUT2D eigenvalue weighted by molar-refractivity contribution is 1.45. The first-order valence-electron chi connectivity index (χ1n) is 20.6. The van der Waals surface area contributed by atoms with Gasteiger partial charge in [0.2, 0.25) is 0 Å². The first-order chi connectivity index (χ1) is 29.4. The van der Waals surface area contributed by atoms with Crippen molar-refractivity contribution in [3.63, 3.8) is 0 Å². The van der Waals surface area contributed by atoms with Gasteiger partial charge in [-0.3, -0.25) is 0 Å². The molecule has 0 aliphatic rings. The van der Waals surface area contributed by atoms with Gasteiger partial charge in [-0.2, -0.15) is 0 Å². The number of hydrogen-bond donors (Lipinski definition) is 4. The van der Waals surface area contributed by atoms with E-state index in [1.807, 2.05) is 0 Å². The van der Waals surface area contributed by atoms with Crippen molar-refractivity contribution in [1.82, 2.24) is 0 Å². The average molecular weight is 777 g/mol. The molecule has 4 heteroatoms. The smallest absolute Gasteiger partial charge is 0.0709 e. The van der Waals surface area contributed by atoms with Crippen LogP contribution in [0.15, 0.2) is 194 Å². The van der Waals surface area contributed by atoms with E-state index in [1.165, 1.54) is 65.3 Å². The Morgan fingerprint density at radius 1 is 0.200 bits per heavy atom. The quantitative estimate of drug-likeness (QED) is 0.0917. The lowest BCUT2D eigenvalue weighted by Crippen LogP contribution is -2.00. The Labute approximate surface area is 352 Å². The normalized spacial score (nSPS) is 11.0. The van der Waals surface area contributed by atoms with Crippen molar-refractivity contribution in [2.24, 2.45) is 0 Å². The molecule has 0 atom stereocenters. The maximum atomic E-state index is 3.70. The van der Waals surface area contributed by atoms with Crippen LogP contribution in [0.3, 0.4) is 0 Å². The van der Waals surface area contributed by atoms with Crippen LogP contribution in [0, 0.1) is 27.7 Å². The number of nitrogens with one attached hydrogen (secondary N) is 4. The van der Waals surface area contributed by atoms with Gasteiger partial charge in [0, 0.05) is 44.3 Å². The molecule has 0 amide bonds. The third kappa shape index (κ3) is 7.96. The van der Waals surface area contributed by atoms with Crippen molar-refractivity contribution in [3.05, 3.63) is 216 Å². The number of hydrogen-bond acceptors (Lipinski definition) is 4. The monoisotopic (exact) mass is 776 g/mol. The van der Waals surface area contributed by atoms with Crippen molar-refractivity contribution >= 4 is 88.6 Å².